The van der Waals surface area contributed by atoms with Crippen LogP contribution in [-0.4, -0.2) is 30.0 Å². The number of H-pyrrole nitrogens is 1. The lowest BCUT2D eigenvalue weighted by molar-refractivity contribution is -0.113. The molecule has 1 heterocycles. The topological polar surface area (TPSA) is 91.9 Å². The molecule has 0 aliphatic carbocycles. The molecule has 106 valence electrons. The summed E-state index contributed by atoms with van der Waals surface area (Å²) in [5.74, 6) is -2.15. The van der Waals surface area contributed by atoms with Crippen LogP contribution in [0, 0.1) is 5.82 Å². The summed E-state index contributed by atoms with van der Waals surface area (Å²) in [5.41, 5.74) is 0.132. The molecule has 0 saturated carbocycles. The Bertz CT molecular complexity index is 731. The second-order valence-electron chi connectivity index (χ2n) is 3.83. The van der Waals surface area contributed by atoms with Crippen molar-refractivity contribution in [2.75, 3.05) is 11.1 Å². The Morgan fingerprint density at radius 2 is 2.20 bits per heavy atom. The molecule has 0 unspecified atom stereocenters. The number of halogens is 2. The van der Waals surface area contributed by atoms with Gasteiger partial charge in [-0.15, -0.1) is 0 Å². The van der Waals surface area contributed by atoms with Gasteiger partial charge < -0.3 is 10.3 Å². The van der Waals surface area contributed by atoms with Gasteiger partial charge in [-0.2, -0.15) is 0 Å². The molecule has 1 aromatic carbocycles. The van der Waals surface area contributed by atoms with Crippen LogP contribution in [0.4, 0.5) is 10.1 Å². The molecule has 2 rings (SSSR count). The number of hydrogen-bond donors (Lipinski definition) is 2. The molecule has 0 aliphatic rings. The van der Waals surface area contributed by atoms with Crippen LogP contribution in [0.5, 0.6) is 0 Å². The van der Waals surface area contributed by atoms with Gasteiger partial charge in [0.2, 0.25) is 20.9 Å². The van der Waals surface area contributed by atoms with E-state index in [1.807, 2.05) is 0 Å². The zero-order chi connectivity index (χ0) is 14.8. The monoisotopic (exact) mass is 317 g/mol. The standard InChI is InChI=1S/C11H9ClFN3O3S/c12-8-5-7(13)1-2-9(8)16-10(17)6-20(18,19)11-14-3-4-15-11/h1-5H,6H2,(H,14,15)(H,16,17). The highest BCUT2D eigenvalue weighted by atomic mass is 35.5. The maximum Gasteiger partial charge on any atom is 0.240 e. The molecule has 2 aromatic rings. The van der Waals surface area contributed by atoms with Gasteiger partial charge in [0.1, 0.15) is 11.6 Å². The van der Waals surface area contributed by atoms with Gasteiger partial charge in [-0.1, -0.05) is 11.6 Å². The number of nitrogens with one attached hydrogen (secondary N) is 2. The molecular weight excluding hydrogens is 309 g/mol. The van der Waals surface area contributed by atoms with Crippen LogP contribution in [0.3, 0.4) is 0 Å². The highest BCUT2D eigenvalue weighted by Gasteiger charge is 2.22. The first-order chi connectivity index (χ1) is 9.38. The zero-order valence-corrected chi connectivity index (χ0v) is 11.5. The van der Waals surface area contributed by atoms with Crippen LogP contribution in [-0.2, 0) is 14.6 Å². The number of imidazole rings is 1. The van der Waals surface area contributed by atoms with Gasteiger partial charge in [0.15, 0.2) is 0 Å². The first kappa shape index (κ1) is 14.5. The molecule has 0 aliphatic heterocycles. The van der Waals surface area contributed by atoms with Crippen LogP contribution in [0.25, 0.3) is 0 Å². The number of nitrogens with zero attached hydrogens (tertiary/aromatic N) is 1. The summed E-state index contributed by atoms with van der Waals surface area (Å²) in [6.07, 6.45) is 2.60. The predicted molar refractivity (Wildman–Crippen MR) is 70.7 cm³/mol. The van der Waals surface area contributed by atoms with Crippen molar-refractivity contribution in [3.63, 3.8) is 0 Å². The van der Waals surface area contributed by atoms with Crippen molar-refractivity contribution in [2.45, 2.75) is 5.16 Å². The van der Waals surface area contributed by atoms with Gasteiger partial charge in [-0.05, 0) is 18.2 Å². The number of benzene rings is 1. The van der Waals surface area contributed by atoms with E-state index in [4.69, 9.17) is 11.6 Å². The van der Waals surface area contributed by atoms with Crippen molar-refractivity contribution in [1.82, 2.24) is 9.97 Å². The van der Waals surface area contributed by atoms with Crippen LogP contribution < -0.4 is 5.32 Å². The fourth-order valence-corrected chi connectivity index (χ4v) is 2.68. The van der Waals surface area contributed by atoms with Crippen molar-refractivity contribution < 1.29 is 17.6 Å². The molecule has 6 nitrogen and oxygen atoms in total. The molecule has 1 aromatic heterocycles. The quantitative estimate of drug-likeness (QED) is 0.896. The summed E-state index contributed by atoms with van der Waals surface area (Å²) in [4.78, 5) is 17.7. The predicted octanol–water partition coefficient (Wildman–Crippen LogP) is 1.61. The Kier molecular flexibility index (Phi) is 4.05. The fourth-order valence-electron chi connectivity index (χ4n) is 1.44. The Morgan fingerprint density at radius 1 is 1.45 bits per heavy atom. The average Bonchev–Trinajstić information content (AvgIpc) is 2.86. The number of aromatic amines is 1. The molecule has 20 heavy (non-hydrogen) atoms. The van der Waals surface area contributed by atoms with Crippen molar-refractivity contribution in [3.05, 3.63) is 41.4 Å². The van der Waals surface area contributed by atoms with E-state index >= 15 is 0 Å². The minimum atomic E-state index is -3.85. The summed E-state index contributed by atoms with van der Waals surface area (Å²) in [6.45, 7) is 0. The highest BCUT2D eigenvalue weighted by Crippen LogP contribution is 2.22. The summed E-state index contributed by atoms with van der Waals surface area (Å²) < 4.78 is 36.4. The smallest absolute Gasteiger partial charge is 0.240 e. The maximum atomic E-state index is 12.8. The Labute approximate surface area is 118 Å². The van der Waals surface area contributed by atoms with E-state index in [2.05, 4.69) is 15.3 Å². The lowest BCUT2D eigenvalue weighted by Crippen LogP contribution is -2.23. The first-order valence-corrected chi connectivity index (χ1v) is 7.38. The zero-order valence-electron chi connectivity index (χ0n) is 9.93. The lowest BCUT2D eigenvalue weighted by atomic mass is 10.3. The largest absolute Gasteiger partial charge is 0.336 e. The fraction of sp³-hybridized carbons (Fsp3) is 0.0909. The van der Waals surface area contributed by atoms with Gasteiger partial charge in [0.25, 0.3) is 0 Å². The third kappa shape index (κ3) is 3.34. The lowest BCUT2D eigenvalue weighted by Gasteiger charge is -2.07. The molecular formula is C11H9ClFN3O3S. The molecule has 0 saturated heterocycles. The average molecular weight is 318 g/mol. The Hall–Kier alpha value is -1.93. The number of amides is 1. The molecule has 0 bridgehead atoms. The first-order valence-electron chi connectivity index (χ1n) is 5.35. The summed E-state index contributed by atoms with van der Waals surface area (Å²) in [6, 6.07) is 3.36. The number of sulfone groups is 1. The van der Waals surface area contributed by atoms with Crippen LogP contribution in [0.2, 0.25) is 5.02 Å². The van der Waals surface area contributed by atoms with E-state index < -0.39 is 27.3 Å². The molecule has 2 N–H and O–H groups in total. The van der Waals surface area contributed by atoms with E-state index in [0.29, 0.717) is 0 Å². The van der Waals surface area contributed by atoms with Crippen molar-refractivity contribution in [1.29, 1.82) is 0 Å². The normalized spacial score (nSPS) is 11.3. The van der Waals surface area contributed by atoms with E-state index in [0.717, 1.165) is 12.1 Å². The van der Waals surface area contributed by atoms with Crippen molar-refractivity contribution >= 4 is 33.0 Å². The van der Waals surface area contributed by atoms with Gasteiger partial charge in [-0.3, -0.25) is 4.79 Å². The van der Waals surface area contributed by atoms with Gasteiger partial charge >= 0.3 is 0 Å². The molecule has 0 radical (unpaired) electrons. The molecule has 9 heteroatoms. The summed E-state index contributed by atoms with van der Waals surface area (Å²) in [7, 11) is -3.85. The molecule has 0 spiro atoms. The second kappa shape index (κ2) is 5.59. The second-order valence-corrected chi connectivity index (χ2v) is 6.14. The molecule has 0 atom stereocenters. The number of carbonyl (C=O) groups is 1. The Morgan fingerprint density at radius 3 is 2.80 bits per heavy atom. The SMILES string of the molecule is O=C(CS(=O)(=O)c1ncc[nH]1)Nc1ccc(F)cc1Cl. The Balaban J connectivity index is 2.10. The van der Waals surface area contributed by atoms with E-state index in [1.54, 1.807) is 0 Å². The number of hydrogen-bond acceptors (Lipinski definition) is 4. The minimum absolute atomic E-state index is 0.0197. The van der Waals surface area contributed by atoms with Gasteiger partial charge in [-0.25, -0.2) is 17.8 Å². The van der Waals surface area contributed by atoms with Gasteiger partial charge in [0.05, 0.1) is 10.7 Å². The maximum absolute atomic E-state index is 12.8. The van der Waals surface area contributed by atoms with E-state index in [1.165, 1.54) is 18.5 Å². The number of aromatic nitrogens is 2. The number of anilines is 1. The van der Waals surface area contributed by atoms with Crippen molar-refractivity contribution in [2.24, 2.45) is 0 Å². The highest BCUT2D eigenvalue weighted by molar-refractivity contribution is 7.92. The van der Waals surface area contributed by atoms with Crippen LogP contribution in [0.1, 0.15) is 0 Å². The number of carbonyl (C=O) groups excluding carboxylic acids is 1. The van der Waals surface area contributed by atoms with Crippen LogP contribution >= 0.6 is 11.6 Å². The van der Waals surface area contributed by atoms with Crippen molar-refractivity contribution in [3.8, 4) is 0 Å². The summed E-state index contributed by atoms with van der Waals surface area (Å²) in [5, 5.41) is 1.98. The van der Waals surface area contributed by atoms with Gasteiger partial charge in [0, 0.05) is 12.4 Å². The van der Waals surface area contributed by atoms with E-state index in [-0.39, 0.29) is 15.9 Å². The summed E-state index contributed by atoms with van der Waals surface area (Å²) >= 11 is 5.72. The minimum Gasteiger partial charge on any atom is -0.336 e. The molecule has 0 fully saturated rings. The molecule has 1 amide bonds. The van der Waals surface area contributed by atoms with E-state index in [9.17, 15) is 17.6 Å². The van der Waals surface area contributed by atoms with Crippen LogP contribution in [0.15, 0.2) is 35.7 Å². The third-order valence-electron chi connectivity index (χ3n) is 2.29. The number of rotatable bonds is 4. The third-order valence-corrected chi connectivity index (χ3v) is 4.06.